The number of nitrogens with zero attached hydrogens (tertiary/aromatic N) is 5. The molecule has 4 aromatic rings. The molecule has 5 rings (SSSR count). The third-order valence-electron chi connectivity index (χ3n) is 7.30. The van der Waals surface area contributed by atoms with Gasteiger partial charge in [-0.05, 0) is 53.3 Å². The molecule has 1 fully saturated rings. The first-order chi connectivity index (χ1) is 18.1. The highest BCUT2D eigenvalue weighted by Crippen LogP contribution is 2.34. The number of tetrazole rings is 1. The molecule has 196 valence electrons. The van der Waals surface area contributed by atoms with Gasteiger partial charge in [-0.25, -0.2) is 4.68 Å². The topological polar surface area (TPSA) is 98.2 Å². The van der Waals surface area contributed by atoms with Crippen molar-refractivity contribution in [2.75, 3.05) is 14.2 Å². The van der Waals surface area contributed by atoms with E-state index in [1.807, 2.05) is 12.1 Å². The van der Waals surface area contributed by atoms with Crippen LogP contribution in [0.4, 0.5) is 0 Å². The van der Waals surface area contributed by atoms with E-state index in [9.17, 15) is 4.79 Å². The van der Waals surface area contributed by atoms with Gasteiger partial charge in [-0.15, -0.1) is 16.4 Å². The van der Waals surface area contributed by atoms with Crippen molar-refractivity contribution < 1.29 is 9.47 Å². The smallest absolute Gasteiger partial charge is 0.252 e. The molecule has 1 aromatic carbocycles. The van der Waals surface area contributed by atoms with E-state index in [4.69, 9.17) is 9.47 Å². The molecule has 0 radical (unpaired) electrons. The number of hydrogen-bond acceptors (Lipinski definition) is 8. The molecule has 10 heteroatoms. The summed E-state index contributed by atoms with van der Waals surface area (Å²) < 4.78 is 13.0. The standard InChI is InChI=1S/C27H34N6O3S/c1-4-23(26-29-30-31-33(26)20-9-6-5-7-10-20)32(17-21-11-8-12-37-21)16-19-13-18-14-24(35-2)25(36-3)15-22(18)28-27(19)34/h8,11-15,20,23H,4-7,9-10,16-17H2,1-3H3,(H,28,34)/t23-/m0/s1. The molecule has 1 N–H and O–H groups in total. The molecular weight excluding hydrogens is 488 g/mol. The van der Waals surface area contributed by atoms with Crippen molar-refractivity contribution >= 4 is 22.2 Å². The Labute approximate surface area is 220 Å². The van der Waals surface area contributed by atoms with E-state index >= 15 is 0 Å². The van der Waals surface area contributed by atoms with Gasteiger partial charge in [0.2, 0.25) is 0 Å². The van der Waals surface area contributed by atoms with Gasteiger partial charge in [0.25, 0.3) is 5.56 Å². The van der Waals surface area contributed by atoms with Crippen molar-refractivity contribution in [2.45, 2.75) is 70.6 Å². The lowest BCUT2D eigenvalue weighted by atomic mass is 9.95. The molecule has 9 nitrogen and oxygen atoms in total. The lowest BCUT2D eigenvalue weighted by Crippen LogP contribution is -2.33. The van der Waals surface area contributed by atoms with E-state index in [-0.39, 0.29) is 11.6 Å². The Bertz CT molecular complexity index is 1380. The first kappa shape index (κ1) is 25.4. The quantitative estimate of drug-likeness (QED) is 0.304. The second kappa shape index (κ2) is 11.4. The molecule has 1 saturated carbocycles. The van der Waals surface area contributed by atoms with Crippen LogP contribution in [0.3, 0.4) is 0 Å². The molecule has 0 bridgehead atoms. The zero-order valence-corrected chi connectivity index (χ0v) is 22.5. The third kappa shape index (κ3) is 5.40. The second-order valence-corrected chi connectivity index (χ2v) is 10.6. The fraction of sp³-hybridized carbons (Fsp3) is 0.481. The molecule has 37 heavy (non-hydrogen) atoms. The van der Waals surface area contributed by atoms with E-state index in [2.05, 4.69) is 54.5 Å². The number of fused-ring (bicyclic) bond motifs is 1. The molecule has 1 aliphatic carbocycles. The number of pyridine rings is 1. The van der Waals surface area contributed by atoms with Crippen LogP contribution in [0.25, 0.3) is 10.9 Å². The maximum atomic E-state index is 13.2. The molecule has 3 aromatic heterocycles. The lowest BCUT2D eigenvalue weighted by molar-refractivity contribution is 0.157. The number of hydrogen-bond donors (Lipinski definition) is 1. The fourth-order valence-electron chi connectivity index (χ4n) is 5.40. The zero-order chi connectivity index (χ0) is 25.8. The second-order valence-electron chi connectivity index (χ2n) is 9.60. The normalized spacial score (nSPS) is 15.4. The van der Waals surface area contributed by atoms with Crippen molar-refractivity contribution in [1.29, 1.82) is 0 Å². The highest BCUT2D eigenvalue weighted by molar-refractivity contribution is 7.09. The maximum Gasteiger partial charge on any atom is 0.252 e. The lowest BCUT2D eigenvalue weighted by Gasteiger charge is -2.31. The number of aromatic nitrogens is 5. The Morgan fingerprint density at radius 1 is 1.14 bits per heavy atom. The molecule has 3 heterocycles. The van der Waals surface area contributed by atoms with E-state index in [1.54, 1.807) is 31.6 Å². The molecule has 0 saturated heterocycles. The number of ether oxygens (including phenoxy) is 2. The van der Waals surface area contributed by atoms with E-state index in [0.717, 1.165) is 30.5 Å². The number of aromatic amines is 1. The first-order valence-corrected chi connectivity index (χ1v) is 13.8. The van der Waals surface area contributed by atoms with Crippen LogP contribution >= 0.6 is 11.3 Å². The van der Waals surface area contributed by atoms with Crippen molar-refractivity contribution in [1.82, 2.24) is 30.1 Å². The van der Waals surface area contributed by atoms with Crippen molar-refractivity contribution in [3.8, 4) is 11.5 Å². The minimum absolute atomic E-state index is 0.0282. The SMILES string of the molecule is CC[C@@H](c1nnnn1C1CCCCC1)N(Cc1cccs1)Cc1cc2cc(OC)c(OC)cc2[nH]c1=O. The van der Waals surface area contributed by atoms with Crippen LogP contribution in [-0.4, -0.2) is 44.3 Å². The number of rotatable bonds is 10. The van der Waals surface area contributed by atoms with Crippen molar-refractivity contribution in [3.05, 3.63) is 62.3 Å². The van der Waals surface area contributed by atoms with Crippen LogP contribution in [-0.2, 0) is 13.1 Å². The van der Waals surface area contributed by atoms with Crippen LogP contribution in [0.15, 0.2) is 40.5 Å². The van der Waals surface area contributed by atoms with Gasteiger partial charge in [0, 0.05) is 35.0 Å². The fourth-order valence-corrected chi connectivity index (χ4v) is 6.13. The predicted octanol–water partition coefficient (Wildman–Crippen LogP) is 5.25. The van der Waals surface area contributed by atoms with Crippen molar-refractivity contribution in [3.63, 3.8) is 0 Å². The zero-order valence-electron chi connectivity index (χ0n) is 21.6. The van der Waals surface area contributed by atoms with Crippen LogP contribution in [0, 0.1) is 0 Å². The van der Waals surface area contributed by atoms with Gasteiger partial charge in [-0.1, -0.05) is 32.3 Å². The molecule has 1 aliphatic rings. The largest absolute Gasteiger partial charge is 0.493 e. The first-order valence-electron chi connectivity index (χ1n) is 12.9. The van der Waals surface area contributed by atoms with E-state index < -0.39 is 0 Å². The van der Waals surface area contributed by atoms with Crippen LogP contribution in [0.1, 0.15) is 73.8 Å². The average Bonchev–Trinajstić information content (AvgIpc) is 3.62. The molecule has 0 unspecified atom stereocenters. The number of methoxy groups -OCH3 is 2. The summed E-state index contributed by atoms with van der Waals surface area (Å²) in [6, 6.07) is 10.2. The Morgan fingerprint density at radius 3 is 2.62 bits per heavy atom. The molecular formula is C27H34N6O3S. The van der Waals surface area contributed by atoms with Gasteiger partial charge in [0.15, 0.2) is 17.3 Å². The number of benzene rings is 1. The summed E-state index contributed by atoms with van der Waals surface area (Å²) in [6.45, 7) is 3.33. The molecule has 0 aliphatic heterocycles. The number of thiophene rings is 1. The summed E-state index contributed by atoms with van der Waals surface area (Å²) in [5.41, 5.74) is 1.29. The molecule has 0 spiro atoms. The van der Waals surface area contributed by atoms with Gasteiger partial charge in [0.05, 0.1) is 31.8 Å². The van der Waals surface area contributed by atoms with Gasteiger partial charge in [-0.3, -0.25) is 9.69 Å². The van der Waals surface area contributed by atoms with E-state index in [1.165, 1.54) is 24.1 Å². The van der Waals surface area contributed by atoms with Gasteiger partial charge >= 0.3 is 0 Å². The Kier molecular flexibility index (Phi) is 7.85. The summed E-state index contributed by atoms with van der Waals surface area (Å²) >= 11 is 1.72. The van der Waals surface area contributed by atoms with Gasteiger partial charge in [0.1, 0.15) is 0 Å². The monoisotopic (exact) mass is 522 g/mol. The Morgan fingerprint density at radius 2 is 1.92 bits per heavy atom. The van der Waals surface area contributed by atoms with E-state index in [0.29, 0.717) is 41.7 Å². The molecule has 0 amide bonds. The Balaban J connectivity index is 1.52. The summed E-state index contributed by atoms with van der Waals surface area (Å²) in [5, 5.41) is 16.0. The van der Waals surface area contributed by atoms with Crippen LogP contribution < -0.4 is 15.0 Å². The molecule has 1 atom stereocenters. The summed E-state index contributed by atoms with van der Waals surface area (Å²) in [4.78, 5) is 19.8. The summed E-state index contributed by atoms with van der Waals surface area (Å²) in [7, 11) is 3.20. The average molecular weight is 523 g/mol. The number of H-pyrrole nitrogens is 1. The highest BCUT2D eigenvalue weighted by atomic mass is 32.1. The minimum atomic E-state index is -0.113. The highest BCUT2D eigenvalue weighted by Gasteiger charge is 2.29. The van der Waals surface area contributed by atoms with Crippen LogP contribution in [0.5, 0.6) is 11.5 Å². The number of nitrogens with one attached hydrogen (secondary N) is 1. The summed E-state index contributed by atoms with van der Waals surface area (Å²) in [5.74, 6) is 2.09. The summed E-state index contributed by atoms with van der Waals surface area (Å²) in [6.07, 6.45) is 6.73. The Hall–Kier alpha value is -3.24. The predicted molar refractivity (Wildman–Crippen MR) is 144 cm³/mol. The third-order valence-corrected chi connectivity index (χ3v) is 8.16. The maximum absolute atomic E-state index is 13.2. The van der Waals surface area contributed by atoms with Gasteiger partial charge in [-0.2, -0.15) is 0 Å². The van der Waals surface area contributed by atoms with Crippen LogP contribution in [0.2, 0.25) is 0 Å². The van der Waals surface area contributed by atoms with Gasteiger partial charge < -0.3 is 14.5 Å². The van der Waals surface area contributed by atoms with Crippen molar-refractivity contribution in [2.24, 2.45) is 0 Å². The minimum Gasteiger partial charge on any atom is -0.493 e.